The van der Waals surface area contributed by atoms with E-state index in [-0.39, 0.29) is 12.5 Å². The minimum Gasteiger partial charge on any atom is -0.484 e. The molecule has 0 bridgehead atoms. The van der Waals surface area contributed by atoms with Gasteiger partial charge in [-0.3, -0.25) is 4.79 Å². The van der Waals surface area contributed by atoms with Gasteiger partial charge in [0.05, 0.1) is 0 Å². The second-order valence-electron chi connectivity index (χ2n) is 6.55. The van der Waals surface area contributed by atoms with Crippen molar-refractivity contribution in [2.75, 3.05) is 6.61 Å². The quantitative estimate of drug-likeness (QED) is 0.778. The zero-order chi connectivity index (χ0) is 16.8. The Kier molecular flexibility index (Phi) is 6.13. The molecule has 1 amide bonds. The third kappa shape index (κ3) is 4.97. The lowest BCUT2D eigenvalue weighted by molar-refractivity contribution is -0.123. The number of benzene rings is 2. The largest absolute Gasteiger partial charge is 0.484 e. The molecule has 2 aromatic rings. The smallest absolute Gasteiger partial charge is 0.258 e. The van der Waals surface area contributed by atoms with Crippen LogP contribution in [-0.4, -0.2) is 18.6 Å². The van der Waals surface area contributed by atoms with Gasteiger partial charge in [-0.15, -0.1) is 0 Å². The predicted molar refractivity (Wildman–Crippen MR) is 101 cm³/mol. The molecule has 1 fully saturated rings. The monoisotopic (exact) mass is 389 g/mol. The van der Waals surface area contributed by atoms with E-state index in [2.05, 4.69) is 27.3 Å². The highest BCUT2D eigenvalue weighted by molar-refractivity contribution is 9.10. The molecule has 0 unspecified atom stereocenters. The van der Waals surface area contributed by atoms with Crippen LogP contribution in [-0.2, 0) is 4.79 Å². The number of carbonyl (C=O) groups excluding carboxylic acids is 1. The van der Waals surface area contributed by atoms with Crippen molar-refractivity contribution in [2.45, 2.75) is 51.0 Å². The molecule has 0 radical (unpaired) electrons. The maximum absolute atomic E-state index is 12.1. The Bertz CT molecular complexity index is 693. The van der Waals surface area contributed by atoms with E-state index in [1.807, 2.05) is 30.3 Å². The average Bonchev–Trinajstić information content (AvgIpc) is 2.55. The number of carbonyl (C=O) groups is 1. The molecule has 0 aromatic heterocycles. The molecule has 0 heterocycles. The fraction of sp³-hybridized carbons (Fsp3) is 0.450. The summed E-state index contributed by atoms with van der Waals surface area (Å²) < 4.78 is 6.74. The number of hydrogen-bond acceptors (Lipinski definition) is 2. The fourth-order valence-corrected chi connectivity index (χ4v) is 3.68. The van der Waals surface area contributed by atoms with Crippen LogP contribution in [0.25, 0.3) is 10.8 Å². The van der Waals surface area contributed by atoms with Crippen LogP contribution in [0.1, 0.15) is 44.9 Å². The van der Waals surface area contributed by atoms with Crippen LogP contribution >= 0.6 is 15.9 Å². The summed E-state index contributed by atoms with van der Waals surface area (Å²) in [4.78, 5) is 12.1. The van der Waals surface area contributed by atoms with Gasteiger partial charge in [-0.1, -0.05) is 60.2 Å². The van der Waals surface area contributed by atoms with Gasteiger partial charge in [-0.2, -0.15) is 0 Å². The van der Waals surface area contributed by atoms with Crippen molar-refractivity contribution in [3.63, 3.8) is 0 Å². The van der Waals surface area contributed by atoms with Gasteiger partial charge in [0.1, 0.15) is 5.75 Å². The molecule has 0 saturated heterocycles. The van der Waals surface area contributed by atoms with Crippen molar-refractivity contribution in [1.29, 1.82) is 0 Å². The third-order valence-corrected chi connectivity index (χ3v) is 5.11. The van der Waals surface area contributed by atoms with Crippen LogP contribution in [0.15, 0.2) is 40.9 Å². The van der Waals surface area contributed by atoms with Gasteiger partial charge in [0.25, 0.3) is 5.91 Å². The third-order valence-electron chi connectivity index (χ3n) is 4.61. The second kappa shape index (κ2) is 8.52. The normalized spacial score (nSPS) is 16.4. The lowest BCUT2D eigenvalue weighted by Crippen LogP contribution is -2.38. The number of nitrogens with one attached hydrogen (secondary N) is 1. The van der Waals surface area contributed by atoms with E-state index in [0.717, 1.165) is 33.8 Å². The first kappa shape index (κ1) is 17.3. The first-order chi connectivity index (χ1) is 11.7. The summed E-state index contributed by atoms with van der Waals surface area (Å²) in [6, 6.07) is 12.3. The van der Waals surface area contributed by atoms with Gasteiger partial charge in [0.15, 0.2) is 6.61 Å². The number of rotatable bonds is 4. The van der Waals surface area contributed by atoms with Gasteiger partial charge in [0.2, 0.25) is 0 Å². The van der Waals surface area contributed by atoms with Crippen molar-refractivity contribution in [1.82, 2.24) is 5.32 Å². The van der Waals surface area contributed by atoms with Crippen molar-refractivity contribution in [2.24, 2.45) is 0 Å². The van der Waals surface area contributed by atoms with Gasteiger partial charge in [-0.25, -0.2) is 0 Å². The van der Waals surface area contributed by atoms with E-state index in [1.54, 1.807) is 0 Å². The van der Waals surface area contributed by atoms with E-state index < -0.39 is 0 Å². The summed E-state index contributed by atoms with van der Waals surface area (Å²) in [6.07, 6.45) is 8.53. The minimum absolute atomic E-state index is 0.0172. The second-order valence-corrected chi connectivity index (χ2v) is 7.47. The van der Waals surface area contributed by atoms with Crippen LogP contribution in [0.2, 0.25) is 0 Å². The number of hydrogen-bond donors (Lipinski definition) is 1. The number of halogens is 1. The Hall–Kier alpha value is -1.55. The van der Waals surface area contributed by atoms with E-state index in [1.165, 1.54) is 32.1 Å². The molecule has 24 heavy (non-hydrogen) atoms. The molecule has 3 nitrogen and oxygen atoms in total. The van der Waals surface area contributed by atoms with E-state index >= 15 is 0 Å². The Morgan fingerprint density at radius 3 is 2.46 bits per heavy atom. The summed E-state index contributed by atoms with van der Waals surface area (Å²) >= 11 is 3.47. The van der Waals surface area contributed by atoms with E-state index in [9.17, 15) is 4.79 Å². The van der Waals surface area contributed by atoms with Crippen LogP contribution in [0.5, 0.6) is 5.75 Å². The Morgan fingerprint density at radius 1 is 1.00 bits per heavy atom. The first-order valence-corrected chi connectivity index (χ1v) is 9.61. The molecule has 1 aliphatic rings. The molecule has 3 rings (SSSR count). The lowest BCUT2D eigenvalue weighted by atomic mass is 9.97. The highest BCUT2D eigenvalue weighted by Gasteiger charge is 2.14. The molecular formula is C20H24BrNO2. The summed E-state index contributed by atoms with van der Waals surface area (Å²) in [5, 5.41) is 5.39. The number of ether oxygens (including phenoxy) is 1. The van der Waals surface area contributed by atoms with Crippen molar-refractivity contribution >= 4 is 32.6 Å². The van der Waals surface area contributed by atoms with E-state index in [0.29, 0.717) is 6.04 Å². The zero-order valence-electron chi connectivity index (χ0n) is 13.9. The zero-order valence-corrected chi connectivity index (χ0v) is 15.5. The highest BCUT2D eigenvalue weighted by Crippen LogP contribution is 2.24. The molecule has 0 spiro atoms. The first-order valence-electron chi connectivity index (χ1n) is 8.82. The predicted octanol–water partition coefficient (Wildman–Crippen LogP) is 5.21. The molecule has 1 aliphatic carbocycles. The average molecular weight is 390 g/mol. The lowest BCUT2D eigenvalue weighted by Gasteiger charge is -2.21. The SMILES string of the molecule is O=C(COc1ccc2cc(Br)ccc2c1)NC1CCCCCCC1. The Labute approximate surface area is 151 Å². The van der Waals surface area contributed by atoms with Crippen LogP contribution < -0.4 is 10.1 Å². The maximum atomic E-state index is 12.1. The van der Waals surface area contributed by atoms with Crippen molar-refractivity contribution in [3.8, 4) is 5.75 Å². The molecule has 4 heteroatoms. The molecule has 128 valence electrons. The molecule has 1 saturated carbocycles. The van der Waals surface area contributed by atoms with Crippen LogP contribution in [0.4, 0.5) is 0 Å². The molecular weight excluding hydrogens is 366 g/mol. The van der Waals surface area contributed by atoms with Gasteiger partial charge < -0.3 is 10.1 Å². The van der Waals surface area contributed by atoms with Gasteiger partial charge >= 0.3 is 0 Å². The summed E-state index contributed by atoms with van der Waals surface area (Å²) in [7, 11) is 0. The molecule has 2 aromatic carbocycles. The molecule has 0 atom stereocenters. The summed E-state index contributed by atoms with van der Waals surface area (Å²) in [6.45, 7) is 0.0819. The van der Waals surface area contributed by atoms with E-state index in [4.69, 9.17) is 4.74 Å². The minimum atomic E-state index is -0.0172. The summed E-state index contributed by atoms with van der Waals surface area (Å²) in [5.41, 5.74) is 0. The fourth-order valence-electron chi connectivity index (χ4n) is 3.30. The van der Waals surface area contributed by atoms with Crippen LogP contribution in [0.3, 0.4) is 0 Å². The van der Waals surface area contributed by atoms with Crippen molar-refractivity contribution in [3.05, 3.63) is 40.9 Å². The Morgan fingerprint density at radius 2 is 1.67 bits per heavy atom. The summed E-state index contributed by atoms with van der Waals surface area (Å²) in [5.74, 6) is 0.717. The Balaban J connectivity index is 1.52. The number of fused-ring (bicyclic) bond motifs is 1. The highest BCUT2D eigenvalue weighted by atomic mass is 79.9. The van der Waals surface area contributed by atoms with Crippen LogP contribution in [0, 0.1) is 0 Å². The standard InChI is InChI=1S/C20H24BrNO2/c21-17-10-8-16-13-19(11-9-15(16)12-17)24-14-20(23)22-18-6-4-2-1-3-5-7-18/h8-13,18H,1-7,14H2,(H,22,23). The topological polar surface area (TPSA) is 38.3 Å². The van der Waals surface area contributed by atoms with Gasteiger partial charge in [0, 0.05) is 10.5 Å². The van der Waals surface area contributed by atoms with Gasteiger partial charge in [-0.05, 0) is 47.9 Å². The molecule has 0 aliphatic heterocycles. The maximum Gasteiger partial charge on any atom is 0.258 e. The molecule has 1 N–H and O–H groups in total. The van der Waals surface area contributed by atoms with Crippen molar-refractivity contribution < 1.29 is 9.53 Å². The number of amides is 1.